The Balaban J connectivity index is 1.93. The zero-order chi connectivity index (χ0) is 22.5. The molecule has 13 heteroatoms. The number of halogens is 4. The molecule has 0 radical (unpaired) electrons. The van der Waals surface area contributed by atoms with E-state index in [2.05, 4.69) is 0 Å². The Morgan fingerprint density at radius 1 is 1.13 bits per heavy atom. The molecule has 2 aromatic carbocycles. The van der Waals surface area contributed by atoms with Crippen molar-refractivity contribution in [1.82, 2.24) is 0 Å². The number of amides is 1. The van der Waals surface area contributed by atoms with Gasteiger partial charge in [0.05, 0.1) is 33.5 Å². The van der Waals surface area contributed by atoms with E-state index in [0.29, 0.717) is 10.4 Å². The van der Waals surface area contributed by atoms with Crippen LogP contribution in [0.15, 0.2) is 47.4 Å². The SMILES string of the molecule is CC1CS(=O)(=O)N(c2ccc(S(=O)(=O)Nc3ccc(Cl)cc3C(F)(F)F)cc2)C1=O. The lowest BCUT2D eigenvalue weighted by molar-refractivity contribution is -0.136. The molecule has 0 spiro atoms. The van der Waals surface area contributed by atoms with Crippen molar-refractivity contribution in [3.05, 3.63) is 53.1 Å². The monoisotopic (exact) mass is 482 g/mol. The first kappa shape index (κ1) is 22.4. The molecule has 1 N–H and O–H groups in total. The number of carbonyl (C=O) groups excluding carboxylic acids is 1. The summed E-state index contributed by atoms with van der Waals surface area (Å²) in [6.45, 7) is 1.45. The summed E-state index contributed by atoms with van der Waals surface area (Å²) in [6.07, 6.45) is -4.85. The van der Waals surface area contributed by atoms with E-state index in [1.807, 2.05) is 4.72 Å². The second kappa shape index (κ2) is 7.43. The summed E-state index contributed by atoms with van der Waals surface area (Å²) in [7, 11) is -8.33. The van der Waals surface area contributed by atoms with E-state index in [1.54, 1.807) is 0 Å². The van der Waals surface area contributed by atoms with Crippen molar-refractivity contribution in [2.24, 2.45) is 5.92 Å². The van der Waals surface area contributed by atoms with Crippen LogP contribution in [-0.2, 0) is 31.0 Å². The predicted molar refractivity (Wildman–Crippen MR) is 104 cm³/mol. The van der Waals surface area contributed by atoms with Gasteiger partial charge in [-0.15, -0.1) is 0 Å². The highest BCUT2D eigenvalue weighted by Crippen LogP contribution is 2.37. The van der Waals surface area contributed by atoms with Crippen LogP contribution in [-0.4, -0.2) is 28.5 Å². The van der Waals surface area contributed by atoms with Gasteiger partial charge in [0, 0.05) is 5.02 Å². The zero-order valence-corrected chi connectivity index (χ0v) is 17.5. The number of hydrogen-bond donors (Lipinski definition) is 1. The van der Waals surface area contributed by atoms with Crippen molar-refractivity contribution in [3.8, 4) is 0 Å². The first-order valence-electron chi connectivity index (χ1n) is 8.29. The summed E-state index contributed by atoms with van der Waals surface area (Å²) >= 11 is 5.58. The highest BCUT2D eigenvalue weighted by Gasteiger charge is 2.42. The molecular formula is C17H14ClF3N2O5S2. The molecule has 3 rings (SSSR count). The third kappa shape index (κ3) is 4.25. The molecule has 30 heavy (non-hydrogen) atoms. The summed E-state index contributed by atoms with van der Waals surface area (Å²) < 4.78 is 91.3. The molecular weight excluding hydrogens is 469 g/mol. The van der Waals surface area contributed by atoms with Crippen LogP contribution in [0, 0.1) is 5.92 Å². The topological polar surface area (TPSA) is 101 Å². The smallest absolute Gasteiger partial charge is 0.279 e. The van der Waals surface area contributed by atoms with Gasteiger partial charge >= 0.3 is 6.18 Å². The van der Waals surface area contributed by atoms with Gasteiger partial charge in [-0.2, -0.15) is 13.2 Å². The van der Waals surface area contributed by atoms with Crippen LogP contribution in [0.3, 0.4) is 0 Å². The third-order valence-electron chi connectivity index (χ3n) is 4.27. The Kier molecular flexibility index (Phi) is 5.54. The number of rotatable bonds is 4. The zero-order valence-electron chi connectivity index (χ0n) is 15.1. The van der Waals surface area contributed by atoms with Gasteiger partial charge in [0.2, 0.25) is 15.9 Å². The number of carbonyl (C=O) groups is 1. The fraction of sp³-hybridized carbons (Fsp3) is 0.235. The summed E-state index contributed by atoms with van der Waals surface area (Å²) in [4.78, 5) is 11.7. The molecule has 1 amide bonds. The number of benzene rings is 2. The van der Waals surface area contributed by atoms with Gasteiger partial charge in [-0.3, -0.25) is 9.52 Å². The largest absolute Gasteiger partial charge is 0.418 e. The molecule has 0 aliphatic carbocycles. The van der Waals surface area contributed by atoms with Crippen molar-refractivity contribution in [2.45, 2.75) is 18.0 Å². The van der Waals surface area contributed by atoms with Gasteiger partial charge in [-0.05, 0) is 42.5 Å². The molecule has 162 valence electrons. The van der Waals surface area contributed by atoms with Crippen LogP contribution in [0.1, 0.15) is 12.5 Å². The van der Waals surface area contributed by atoms with Gasteiger partial charge < -0.3 is 0 Å². The van der Waals surface area contributed by atoms with Crippen LogP contribution in [0.25, 0.3) is 0 Å². The maximum atomic E-state index is 13.2. The highest BCUT2D eigenvalue weighted by molar-refractivity contribution is 7.94. The van der Waals surface area contributed by atoms with E-state index in [1.165, 1.54) is 6.92 Å². The van der Waals surface area contributed by atoms with Crippen LogP contribution in [0.4, 0.5) is 24.5 Å². The Labute approximate surface area is 175 Å². The van der Waals surface area contributed by atoms with Crippen LogP contribution in [0.2, 0.25) is 5.02 Å². The van der Waals surface area contributed by atoms with E-state index in [-0.39, 0.29) is 16.5 Å². The van der Waals surface area contributed by atoms with Crippen molar-refractivity contribution in [2.75, 3.05) is 14.8 Å². The first-order chi connectivity index (χ1) is 13.7. The normalized spacial score (nSPS) is 19.2. The molecule has 1 aliphatic rings. The van der Waals surface area contributed by atoms with Crippen molar-refractivity contribution >= 4 is 48.9 Å². The molecule has 1 fully saturated rings. The van der Waals surface area contributed by atoms with Gasteiger partial charge in [0.25, 0.3) is 10.0 Å². The number of nitrogens with zero attached hydrogens (tertiary/aromatic N) is 1. The number of anilines is 2. The van der Waals surface area contributed by atoms with Crippen LogP contribution in [0.5, 0.6) is 0 Å². The maximum absolute atomic E-state index is 13.2. The molecule has 1 unspecified atom stereocenters. The lowest BCUT2D eigenvalue weighted by atomic mass is 10.2. The third-order valence-corrected chi connectivity index (χ3v) is 7.76. The average molecular weight is 483 g/mol. The second-order valence-electron chi connectivity index (χ2n) is 6.57. The minimum atomic E-state index is -4.85. The Morgan fingerprint density at radius 2 is 1.73 bits per heavy atom. The number of hydrogen-bond acceptors (Lipinski definition) is 5. The van der Waals surface area contributed by atoms with Gasteiger partial charge in [-0.25, -0.2) is 21.1 Å². The van der Waals surface area contributed by atoms with Crippen molar-refractivity contribution < 1.29 is 34.8 Å². The lowest BCUT2D eigenvalue weighted by Gasteiger charge is -2.17. The molecule has 1 heterocycles. The first-order valence-corrected chi connectivity index (χ1v) is 11.8. The van der Waals surface area contributed by atoms with E-state index in [0.717, 1.165) is 36.4 Å². The molecule has 0 bridgehead atoms. The quantitative estimate of drug-likeness (QED) is 0.719. The van der Waals surface area contributed by atoms with Gasteiger partial charge in [0.15, 0.2) is 0 Å². The Morgan fingerprint density at radius 3 is 2.23 bits per heavy atom. The maximum Gasteiger partial charge on any atom is 0.418 e. The molecule has 1 aliphatic heterocycles. The highest BCUT2D eigenvalue weighted by atomic mass is 35.5. The number of alkyl halides is 3. The summed E-state index contributed by atoms with van der Waals surface area (Å²) in [5, 5.41) is -0.222. The van der Waals surface area contributed by atoms with Crippen molar-refractivity contribution in [3.63, 3.8) is 0 Å². The van der Waals surface area contributed by atoms with Crippen molar-refractivity contribution in [1.29, 1.82) is 0 Å². The second-order valence-corrected chi connectivity index (χ2v) is 10.6. The molecule has 1 saturated heterocycles. The van der Waals surface area contributed by atoms with Gasteiger partial charge in [0.1, 0.15) is 0 Å². The van der Waals surface area contributed by atoms with Crippen LogP contribution >= 0.6 is 11.6 Å². The fourth-order valence-corrected chi connectivity index (χ4v) is 5.96. The van der Waals surface area contributed by atoms with E-state index in [4.69, 9.17) is 11.6 Å². The average Bonchev–Trinajstić information content (AvgIpc) is 2.82. The minimum Gasteiger partial charge on any atom is -0.279 e. The van der Waals surface area contributed by atoms with E-state index in [9.17, 15) is 34.8 Å². The standard InChI is InChI=1S/C17H14ClF3N2O5S2/c1-10-9-29(25,26)23(16(10)24)12-3-5-13(6-4-12)30(27,28)22-15-7-2-11(18)8-14(15)17(19,20)21/h2-8,10,22H,9H2,1H3. The van der Waals surface area contributed by atoms with Crippen LogP contribution < -0.4 is 9.03 Å². The lowest BCUT2D eigenvalue weighted by Crippen LogP contribution is -2.30. The fourth-order valence-electron chi connectivity index (χ4n) is 2.89. The Bertz CT molecular complexity index is 1210. The molecule has 2 aromatic rings. The number of nitrogens with one attached hydrogen (secondary N) is 1. The Hall–Kier alpha value is -2.31. The summed E-state index contributed by atoms with van der Waals surface area (Å²) in [6, 6.07) is 6.74. The van der Waals surface area contributed by atoms with E-state index >= 15 is 0 Å². The van der Waals surface area contributed by atoms with E-state index < -0.39 is 54.2 Å². The molecule has 7 nitrogen and oxygen atoms in total. The number of sulfonamides is 2. The predicted octanol–water partition coefficient (Wildman–Crippen LogP) is 3.47. The molecule has 0 aromatic heterocycles. The molecule has 0 saturated carbocycles. The minimum absolute atomic E-state index is 0.0641. The molecule has 1 atom stereocenters. The summed E-state index contributed by atoms with van der Waals surface area (Å²) in [5.41, 5.74) is -2.05. The van der Waals surface area contributed by atoms with Gasteiger partial charge in [-0.1, -0.05) is 18.5 Å². The summed E-state index contributed by atoms with van der Waals surface area (Å²) in [5.74, 6) is -1.77.